The fraction of sp³-hybridized carbons (Fsp3) is 0.455. The molecule has 1 N–H and O–H groups in total. The Morgan fingerprint density at radius 2 is 1.86 bits per heavy atom. The summed E-state index contributed by atoms with van der Waals surface area (Å²) in [5.41, 5.74) is 1.78. The molecule has 0 bridgehead atoms. The number of rotatable bonds is 8. The first-order chi connectivity index (χ1) is 13.6. The second-order valence-corrected chi connectivity index (χ2v) is 7.14. The van der Waals surface area contributed by atoms with Gasteiger partial charge in [0.2, 0.25) is 0 Å². The van der Waals surface area contributed by atoms with Gasteiger partial charge in [-0.15, -0.1) is 0 Å². The SMILES string of the molecule is COc1ccc(OC)c(CN2CCN(Cc3ccccc3F)[C@H](CCO)C2)c1. The average Bonchev–Trinajstić information content (AvgIpc) is 2.71. The van der Waals surface area contributed by atoms with Crippen molar-refractivity contribution in [1.29, 1.82) is 0 Å². The molecule has 1 heterocycles. The maximum Gasteiger partial charge on any atom is 0.127 e. The minimum Gasteiger partial charge on any atom is -0.497 e. The first kappa shape index (κ1) is 20.6. The van der Waals surface area contributed by atoms with Crippen molar-refractivity contribution in [1.82, 2.24) is 9.80 Å². The van der Waals surface area contributed by atoms with Gasteiger partial charge in [0.25, 0.3) is 0 Å². The van der Waals surface area contributed by atoms with E-state index in [1.54, 1.807) is 20.3 Å². The Bertz CT molecular complexity index is 771. The number of benzene rings is 2. The van der Waals surface area contributed by atoms with Crippen LogP contribution < -0.4 is 9.47 Å². The summed E-state index contributed by atoms with van der Waals surface area (Å²) in [6, 6.07) is 12.9. The molecule has 0 radical (unpaired) electrons. The molecule has 2 aromatic rings. The van der Waals surface area contributed by atoms with Crippen molar-refractivity contribution in [2.45, 2.75) is 25.6 Å². The van der Waals surface area contributed by atoms with Gasteiger partial charge in [0.15, 0.2) is 0 Å². The molecular weight excluding hydrogens is 359 g/mol. The van der Waals surface area contributed by atoms with Crippen LogP contribution >= 0.6 is 0 Å². The van der Waals surface area contributed by atoms with Crippen LogP contribution in [0.3, 0.4) is 0 Å². The fourth-order valence-electron chi connectivity index (χ4n) is 3.82. The number of hydrogen-bond donors (Lipinski definition) is 1. The zero-order chi connectivity index (χ0) is 19.9. The largest absolute Gasteiger partial charge is 0.497 e. The number of hydrogen-bond acceptors (Lipinski definition) is 5. The highest BCUT2D eigenvalue weighted by Gasteiger charge is 2.27. The van der Waals surface area contributed by atoms with Gasteiger partial charge in [-0.2, -0.15) is 0 Å². The third-order valence-electron chi connectivity index (χ3n) is 5.36. The van der Waals surface area contributed by atoms with Gasteiger partial charge < -0.3 is 14.6 Å². The smallest absolute Gasteiger partial charge is 0.127 e. The van der Waals surface area contributed by atoms with Crippen molar-refractivity contribution >= 4 is 0 Å². The summed E-state index contributed by atoms with van der Waals surface area (Å²) in [4.78, 5) is 4.63. The molecular formula is C22H29FN2O3. The van der Waals surface area contributed by atoms with E-state index in [2.05, 4.69) is 9.80 Å². The van der Waals surface area contributed by atoms with Crippen LogP contribution in [0.4, 0.5) is 4.39 Å². The van der Waals surface area contributed by atoms with E-state index in [-0.39, 0.29) is 18.5 Å². The van der Waals surface area contributed by atoms with Crippen LogP contribution in [-0.4, -0.2) is 61.4 Å². The molecule has 0 saturated carbocycles. The summed E-state index contributed by atoms with van der Waals surface area (Å²) in [5, 5.41) is 9.53. The van der Waals surface area contributed by atoms with Gasteiger partial charge in [-0.05, 0) is 30.7 Å². The molecule has 152 valence electrons. The topological polar surface area (TPSA) is 45.2 Å². The molecule has 0 unspecified atom stereocenters. The number of aliphatic hydroxyl groups is 1. The van der Waals surface area contributed by atoms with Crippen LogP contribution in [0.5, 0.6) is 11.5 Å². The summed E-state index contributed by atoms with van der Waals surface area (Å²) >= 11 is 0. The molecule has 28 heavy (non-hydrogen) atoms. The lowest BCUT2D eigenvalue weighted by Gasteiger charge is -2.41. The predicted octanol–water partition coefficient (Wildman–Crippen LogP) is 2.91. The Morgan fingerprint density at radius 1 is 1.04 bits per heavy atom. The van der Waals surface area contributed by atoms with Gasteiger partial charge in [0, 0.05) is 56.5 Å². The Kier molecular flexibility index (Phi) is 7.25. The van der Waals surface area contributed by atoms with Crippen molar-refractivity contribution in [3.63, 3.8) is 0 Å². The van der Waals surface area contributed by atoms with Crippen LogP contribution in [0, 0.1) is 5.82 Å². The molecule has 1 aliphatic rings. The summed E-state index contributed by atoms with van der Waals surface area (Å²) < 4.78 is 24.9. The minimum atomic E-state index is -0.172. The molecule has 5 nitrogen and oxygen atoms in total. The van der Waals surface area contributed by atoms with Crippen molar-refractivity contribution in [2.24, 2.45) is 0 Å². The average molecular weight is 388 g/mol. The predicted molar refractivity (Wildman–Crippen MR) is 107 cm³/mol. The quantitative estimate of drug-likeness (QED) is 0.753. The summed E-state index contributed by atoms with van der Waals surface area (Å²) in [6.45, 7) is 3.94. The van der Waals surface area contributed by atoms with Gasteiger partial charge in [-0.25, -0.2) is 4.39 Å². The molecule has 1 atom stereocenters. The molecule has 2 aromatic carbocycles. The number of nitrogens with zero attached hydrogens (tertiary/aromatic N) is 2. The molecule has 0 amide bonds. The van der Waals surface area contributed by atoms with Gasteiger partial charge in [-0.1, -0.05) is 18.2 Å². The molecule has 6 heteroatoms. The van der Waals surface area contributed by atoms with Crippen LogP contribution in [0.25, 0.3) is 0 Å². The standard InChI is InChI=1S/C22H29FN2O3/c1-27-20-7-8-22(28-2)18(13-20)14-24-10-11-25(19(16-24)9-12-26)15-17-5-3-4-6-21(17)23/h3-8,13,19,26H,9-12,14-16H2,1-2H3/t19-/m1/s1. The second-order valence-electron chi connectivity index (χ2n) is 7.14. The van der Waals surface area contributed by atoms with Gasteiger partial charge in [-0.3, -0.25) is 9.80 Å². The number of halogens is 1. The monoisotopic (exact) mass is 388 g/mol. The van der Waals surface area contributed by atoms with Crippen molar-refractivity contribution in [3.8, 4) is 11.5 Å². The molecule has 0 spiro atoms. The van der Waals surface area contributed by atoms with Crippen LogP contribution in [0.2, 0.25) is 0 Å². The lowest BCUT2D eigenvalue weighted by Crippen LogP contribution is -2.52. The lowest BCUT2D eigenvalue weighted by atomic mass is 10.1. The zero-order valence-corrected chi connectivity index (χ0v) is 16.6. The highest BCUT2D eigenvalue weighted by atomic mass is 19.1. The number of aliphatic hydroxyl groups excluding tert-OH is 1. The Morgan fingerprint density at radius 3 is 2.57 bits per heavy atom. The van der Waals surface area contributed by atoms with E-state index in [9.17, 15) is 9.50 Å². The number of methoxy groups -OCH3 is 2. The maximum absolute atomic E-state index is 14.1. The Balaban J connectivity index is 1.69. The number of ether oxygens (including phenoxy) is 2. The minimum absolute atomic E-state index is 0.120. The maximum atomic E-state index is 14.1. The highest BCUT2D eigenvalue weighted by molar-refractivity contribution is 5.40. The van der Waals surface area contributed by atoms with Crippen molar-refractivity contribution < 1.29 is 19.0 Å². The van der Waals surface area contributed by atoms with E-state index in [1.807, 2.05) is 30.3 Å². The molecule has 3 rings (SSSR count). The molecule has 1 aliphatic heterocycles. The van der Waals surface area contributed by atoms with Crippen molar-refractivity contribution in [2.75, 3.05) is 40.5 Å². The summed E-state index contributed by atoms with van der Waals surface area (Å²) in [5.74, 6) is 1.47. The van der Waals surface area contributed by atoms with Crippen molar-refractivity contribution in [3.05, 3.63) is 59.4 Å². The van der Waals surface area contributed by atoms with E-state index in [0.717, 1.165) is 43.2 Å². The van der Waals surface area contributed by atoms with E-state index < -0.39 is 0 Å². The first-order valence-electron chi connectivity index (χ1n) is 9.66. The van der Waals surface area contributed by atoms with Crippen LogP contribution in [0.15, 0.2) is 42.5 Å². The van der Waals surface area contributed by atoms with Crippen LogP contribution in [-0.2, 0) is 13.1 Å². The van der Waals surface area contributed by atoms with Gasteiger partial charge in [0.05, 0.1) is 14.2 Å². The Hall–Kier alpha value is -2.15. The second kappa shape index (κ2) is 9.87. The first-order valence-corrected chi connectivity index (χ1v) is 9.66. The number of piperazine rings is 1. The summed E-state index contributed by atoms with van der Waals surface area (Å²) in [7, 11) is 3.33. The van der Waals surface area contributed by atoms with Crippen LogP contribution in [0.1, 0.15) is 17.5 Å². The summed E-state index contributed by atoms with van der Waals surface area (Å²) in [6.07, 6.45) is 0.667. The molecule has 0 aliphatic carbocycles. The van der Waals surface area contributed by atoms with E-state index in [1.165, 1.54) is 6.07 Å². The van der Waals surface area contributed by atoms with E-state index in [0.29, 0.717) is 18.5 Å². The fourth-order valence-corrected chi connectivity index (χ4v) is 3.82. The third-order valence-corrected chi connectivity index (χ3v) is 5.36. The van der Waals surface area contributed by atoms with Gasteiger partial charge in [0.1, 0.15) is 17.3 Å². The van der Waals surface area contributed by atoms with E-state index >= 15 is 0 Å². The molecule has 1 fully saturated rings. The van der Waals surface area contributed by atoms with E-state index in [4.69, 9.17) is 9.47 Å². The normalized spacial score (nSPS) is 18.2. The lowest BCUT2D eigenvalue weighted by molar-refractivity contribution is 0.0489. The zero-order valence-electron chi connectivity index (χ0n) is 16.6. The third kappa shape index (κ3) is 5.01. The van der Waals surface area contributed by atoms with Gasteiger partial charge >= 0.3 is 0 Å². The highest BCUT2D eigenvalue weighted by Crippen LogP contribution is 2.27. The Labute approximate surface area is 166 Å². The molecule has 0 aromatic heterocycles. The molecule has 1 saturated heterocycles.